The zero-order valence-electron chi connectivity index (χ0n) is 14.3. The quantitative estimate of drug-likeness (QED) is 0.742. The topological polar surface area (TPSA) is 76.9 Å². The van der Waals surface area contributed by atoms with E-state index in [1.54, 1.807) is 41.1 Å². The lowest BCUT2D eigenvalue weighted by Gasteiger charge is -2.07. The Morgan fingerprint density at radius 2 is 1.68 bits per heavy atom. The highest BCUT2D eigenvalue weighted by atomic mass is 16.1. The van der Waals surface area contributed by atoms with Gasteiger partial charge in [0.25, 0.3) is 5.91 Å². The fourth-order valence-corrected chi connectivity index (χ4v) is 2.50. The number of aryl methyl sites for hydroxylation is 2. The molecule has 0 aliphatic rings. The Morgan fingerprint density at radius 3 is 2.20 bits per heavy atom. The number of benzene rings is 1. The largest absolute Gasteiger partial charge is 0.322 e. The fraction of sp³-hybridized carbons (Fsp3) is 0.158. The number of hydrogen-bond donors (Lipinski definition) is 1. The van der Waals surface area contributed by atoms with Crippen molar-refractivity contribution in [1.82, 2.24) is 14.8 Å². The average Bonchev–Trinajstić information content (AvgIpc) is 2.94. The van der Waals surface area contributed by atoms with Crippen molar-refractivity contribution in [3.63, 3.8) is 0 Å². The molecule has 126 valence electrons. The molecule has 1 aromatic carbocycles. The van der Waals surface area contributed by atoms with Crippen molar-refractivity contribution in [3.8, 4) is 5.82 Å². The van der Waals surface area contributed by atoms with Crippen LogP contribution in [0.3, 0.4) is 0 Å². The number of aromatic nitrogens is 3. The van der Waals surface area contributed by atoms with Gasteiger partial charge in [0.2, 0.25) is 0 Å². The molecule has 0 unspecified atom stereocenters. The summed E-state index contributed by atoms with van der Waals surface area (Å²) in [7, 11) is 0. The number of nitrogens with one attached hydrogen (secondary N) is 1. The standard InChI is InChI=1S/C19H18N4O2/c1-12-10-13(2)23(22-12)18-9-6-16(11-20-18)19(25)21-17-7-4-15(5-8-17)14(3)24/h4-11H,1-3H3,(H,21,25). The van der Waals surface area contributed by atoms with E-state index in [2.05, 4.69) is 15.4 Å². The Bertz CT molecular complexity index is 925. The lowest BCUT2D eigenvalue weighted by atomic mass is 10.1. The van der Waals surface area contributed by atoms with Gasteiger partial charge in [-0.05, 0) is 63.2 Å². The first-order chi connectivity index (χ1) is 11.9. The van der Waals surface area contributed by atoms with Gasteiger partial charge < -0.3 is 5.32 Å². The van der Waals surface area contributed by atoms with Crippen LogP contribution in [0.2, 0.25) is 0 Å². The summed E-state index contributed by atoms with van der Waals surface area (Å²) in [6.45, 7) is 5.37. The Morgan fingerprint density at radius 1 is 1.00 bits per heavy atom. The number of pyridine rings is 1. The van der Waals surface area contributed by atoms with Crippen LogP contribution in [0.5, 0.6) is 0 Å². The van der Waals surface area contributed by atoms with Gasteiger partial charge in [0.05, 0.1) is 11.3 Å². The number of hydrogen-bond acceptors (Lipinski definition) is 4. The van der Waals surface area contributed by atoms with Gasteiger partial charge in [-0.25, -0.2) is 9.67 Å². The highest BCUT2D eigenvalue weighted by molar-refractivity contribution is 6.04. The van der Waals surface area contributed by atoms with E-state index in [1.165, 1.54) is 13.1 Å². The normalized spacial score (nSPS) is 10.5. The monoisotopic (exact) mass is 334 g/mol. The molecule has 0 aliphatic heterocycles. The summed E-state index contributed by atoms with van der Waals surface area (Å²) in [4.78, 5) is 27.9. The Labute approximate surface area is 145 Å². The SMILES string of the molecule is CC(=O)c1ccc(NC(=O)c2ccc(-n3nc(C)cc3C)nc2)cc1. The van der Waals surface area contributed by atoms with Crippen LogP contribution in [0.4, 0.5) is 5.69 Å². The molecule has 3 rings (SSSR count). The highest BCUT2D eigenvalue weighted by Gasteiger charge is 2.09. The zero-order chi connectivity index (χ0) is 18.0. The molecule has 1 amide bonds. The summed E-state index contributed by atoms with van der Waals surface area (Å²) in [6, 6.07) is 12.2. The number of carbonyl (C=O) groups is 2. The van der Waals surface area contributed by atoms with Gasteiger partial charge >= 0.3 is 0 Å². The number of rotatable bonds is 4. The summed E-state index contributed by atoms with van der Waals surface area (Å²) in [5.41, 5.74) is 3.57. The molecular formula is C19H18N4O2. The summed E-state index contributed by atoms with van der Waals surface area (Å²) >= 11 is 0. The van der Waals surface area contributed by atoms with Gasteiger partial charge in [0.1, 0.15) is 0 Å². The molecule has 25 heavy (non-hydrogen) atoms. The molecule has 0 bridgehead atoms. The van der Waals surface area contributed by atoms with E-state index >= 15 is 0 Å². The fourth-order valence-electron chi connectivity index (χ4n) is 2.50. The molecule has 1 N–H and O–H groups in total. The van der Waals surface area contributed by atoms with E-state index in [-0.39, 0.29) is 11.7 Å². The first-order valence-electron chi connectivity index (χ1n) is 7.86. The molecule has 0 aliphatic carbocycles. The third kappa shape index (κ3) is 3.63. The summed E-state index contributed by atoms with van der Waals surface area (Å²) in [5, 5.41) is 7.16. The minimum absolute atomic E-state index is 0.0122. The summed E-state index contributed by atoms with van der Waals surface area (Å²) in [5.74, 6) is 0.387. The van der Waals surface area contributed by atoms with Crippen molar-refractivity contribution in [2.45, 2.75) is 20.8 Å². The van der Waals surface area contributed by atoms with Gasteiger partial charge in [0, 0.05) is 23.1 Å². The van der Waals surface area contributed by atoms with Crippen LogP contribution < -0.4 is 5.32 Å². The number of amides is 1. The first-order valence-corrected chi connectivity index (χ1v) is 7.86. The second kappa shape index (κ2) is 6.68. The number of anilines is 1. The third-order valence-corrected chi connectivity index (χ3v) is 3.79. The predicted octanol–water partition coefficient (Wildman–Crippen LogP) is 3.34. The number of carbonyl (C=O) groups excluding carboxylic acids is 2. The van der Waals surface area contributed by atoms with Crippen molar-refractivity contribution >= 4 is 17.4 Å². The van der Waals surface area contributed by atoms with Crippen LogP contribution in [0.25, 0.3) is 5.82 Å². The molecule has 2 heterocycles. The molecule has 0 spiro atoms. The maximum atomic E-state index is 12.3. The van der Waals surface area contributed by atoms with E-state index in [1.807, 2.05) is 19.9 Å². The molecule has 0 saturated carbocycles. The van der Waals surface area contributed by atoms with Crippen LogP contribution in [0.15, 0.2) is 48.7 Å². The van der Waals surface area contributed by atoms with E-state index < -0.39 is 0 Å². The second-order valence-electron chi connectivity index (χ2n) is 5.83. The number of ketones is 1. The van der Waals surface area contributed by atoms with Gasteiger partial charge in [0.15, 0.2) is 11.6 Å². The second-order valence-corrected chi connectivity index (χ2v) is 5.83. The third-order valence-electron chi connectivity index (χ3n) is 3.79. The molecule has 6 nitrogen and oxygen atoms in total. The maximum Gasteiger partial charge on any atom is 0.257 e. The van der Waals surface area contributed by atoms with Gasteiger partial charge in [-0.1, -0.05) is 0 Å². The minimum atomic E-state index is -0.261. The van der Waals surface area contributed by atoms with E-state index in [4.69, 9.17) is 0 Å². The maximum absolute atomic E-state index is 12.3. The van der Waals surface area contributed by atoms with E-state index in [9.17, 15) is 9.59 Å². The molecule has 3 aromatic rings. The van der Waals surface area contributed by atoms with Crippen molar-refractivity contribution in [3.05, 3.63) is 71.2 Å². The lowest BCUT2D eigenvalue weighted by Crippen LogP contribution is -2.13. The number of Topliss-reactive ketones (excluding diaryl/α,β-unsaturated/α-hetero) is 1. The first kappa shape index (κ1) is 16.6. The van der Waals surface area contributed by atoms with Crippen LogP contribution in [-0.2, 0) is 0 Å². The molecule has 0 saturated heterocycles. The van der Waals surface area contributed by atoms with E-state index in [0.29, 0.717) is 22.6 Å². The lowest BCUT2D eigenvalue weighted by molar-refractivity contribution is 0.101. The smallest absolute Gasteiger partial charge is 0.257 e. The van der Waals surface area contributed by atoms with Crippen LogP contribution in [0, 0.1) is 13.8 Å². The Kier molecular flexibility index (Phi) is 4.43. The number of nitrogens with zero attached hydrogens (tertiary/aromatic N) is 3. The van der Waals surface area contributed by atoms with E-state index in [0.717, 1.165) is 11.4 Å². The van der Waals surface area contributed by atoms with Crippen molar-refractivity contribution in [1.29, 1.82) is 0 Å². The Hall–Kier alpha value is -3.28. The van der Waals surface area contributed by atoms with Gasteiger partial charge in [-0.15, -0.1) is 0 Å². The molecule has 0 atom stereocenters. The molecule has 6 heteroatoms. The van der Waals surface area contributed by atoms with Crippen LogP contribution in [-0.4, -0.2) is 26.5 Å². The van der Waals surface area contributed by atoms with Crippen molar-refractivity contribution < 1.29 is 9.59 Å². The molecule has 0 fully saturated rings. The zero-order valence-corrected chi connectivity index (χ0v) is 14.3. The van der Waals surface area contributed by atoms with Crippen LogP contribution >= 0.6 is 0 Å². The van der Waals surface area contributed by atoms with Crippen LogP contribution in [0.1, 0.15) is 39.0 Å². The van der Waals surface area contributed by atoms with Gasteiger partial charge in [-0.2, -0.15) is 5.10 Å². The summed E-state index contributed by atoms with van der Waals surface area (Å²) < 4.78 is 1.73. The van der Waals surface area contributed by atoms with Crippen molar-refractivity contribution in [2.24, 2.45) is 0 Å². The summed E-state index contributed by atoms with van der Waals surface area (Å²) in [6.07, 6.45) is 1.52. The molecule has 0 radical (unpaired) electrons. The highest BCUT2D eigenvalue weighted by Crippen LogP contribution is 2.13. The average molecular weight is 334 g/mol. The predicted molar refractivity (Wildman–Crippen MR) is 95.2 cm³/mol. The molecule has 2 aromatic heterocycles. The molecular weight excluding hydrogens is 316 g/mol. The Balaban J connectivity index is 1.74. The minimum Gasteiger partial charge on any atom is -0.322 e. The van der Waals surface area contributed by atoms with Gasteiger partial charge in [-0.3, -0.25) is 9.59 Å². The van der Waals surface area contributed by atoms with Crippen molar-refractivity contribution in [2.75, 3.05) is 5.32 Å².